The number of nitrogens with zero attached hydrogens (tertiary/aromatic N) is 5. The van der Waals surface area contributed by atoms with E-state index in [0.717, 1.165) is 10.1 Å². The van der Waals surface area contributed by atoms with Crippen molar-refractivity contribution in [2.75, 3.05) is 12.5 Å². The van der Waals surface area contributed by atoms with Gasteiger partial charge in [-0.05, 0) is 40.5 Å². The summed E-state index contributed by atoms with van der Waals surface area (Å²) in [6, 6.07) is 3.28. The van der Waals surface area contributed by atoms with E-state index in [0.29, 0.717) is 22.3 Å². The van der Waals surface area contributed by atoms with Crippen LogP contribution in [0.5, 0.6) is 11.5 Å². The van der Waals surface area contributed by atoms with Crippen LogP contribution in [0.1, 0.15) is 12.5 Å². The quantitative estimate of drug-likeness (QED) is 0.319. The SMILES string of the molecule is C=C(C)Cn1c(N/N=C/c2cc(Br)c(O)c(OC)c2)nc2c1c(=O)n(C)c(=O)n2C. The molecule has 10 nitrogen and oxygen atoms in total. The summed E-state index contributed by atoms with van der Waals surface area (Å²) in [7, 11) is 4.42. The first-order valence-corrected chi connectivity index (χ1v) is 9.61. The number of ether oxygens (including phenoxy) is 1. The second-order valence-electron chi connectivity index (χ2n) is 6.78. The lowest BCUT2D eigenvalue weighted by Gasteiger charge is -2.09. The predicted octanol–water partition coefficient (Wildman–Crippen LogP) is 1.93. The Hall–Kier alpha value is -3.34. The summed E-state index contributed by atoms with van der Waals surface area (Å²) in [5.74, 6) is 0.564. The molecule has 0 fully saturated rings. The Morgan fingerprint density at radius 2 is 2.07 bits per heavy atom. The van der Waals surface area contributed by atoms with Crippen LogP contribution in [0.3, 0.4) is 0 Å². The Morgan fingerprint density at radius 3 is 2.70 bits per heavy atom. The van der Waals surface area contributed by atoms with E-state index >= 15 is 0 Å². The molecule has 0 aliphatic heterocycles. The van der Waals surface area contributed by atoms with E-state index in [1.807, 2.05) is 6.92 Å². The van der Waals surface area contributed by atoms with Gasteiger partial charge in [0.2, 0.25) is 5.95 Å². The number of nitrogens with one attached hydrogen (secondary N) is 1. The Morgan fingerprint density at radius 1 is 1.37 bits per heavy atom. The number of hydrazone groups is 1. The van der Waals surface area contributed by atoms with Crippen LogP contribution in [0, 0.1) is 0 Å². The second-order valence-corrected chi connectivity index (χ2v) is 7.63. The van der Waals surface area contributed by atoms with Gasteiger partial charge in [-0.2, -0.15) is 10.1 Å². The molecule has 1 aromatic carbocycles. The number of methoxy groups -OCH3 is 1. The molecule has 0 aliphatic carbocycles. The highest BCUT2D eigenvalue weighted by Gasteiger charge is 2.19. The van der Waals surface area contributed by atoms with Crippen molar-refractivity contribution in [3.8, 4) is 11.5 Å². The van der Waals surface area contributed by atoms with Gasteiger partial charge in [0, 0.05) is 20.6 Å². The van der Waals surface area contributed by atoms with Gasteiger partial charge in [0.05, 0.1) is 17.8 Å². The van der Waals surface area contributed by atoms with Gasteiger partial charge in [-0.25, -0.2) is 10.2 Å². The second kappa shape index (κ2) is 8.19. The van der Waals surface area contributed by atoms with Crippen LogP contribution in [-0.4, -0.2) is 37.1 Å². The summed E-state index contributed by atoms with van der Waals surface area (Å²) in [5.41, 5.74) is 3.86. The molecule has 2 N–H and O–H groups in total. The Balaban J connectivity index is 2.07. The molecule has 0 saturated carbocycles. The fraction of sp³-hybridized carbons (Fsp3) is 0.263. The molecule has 0 bridgehead atoms. The first-order chi connectivity index (χ1) is 14.1. The van der Waals surface area contributed by atoms with Crippen molar-refractivity contribution in [1.82, 2.24) is 18.7 Å². The summed E-state index contributed by atoms with van der Waals surface area (Å²) >= 11 is 3.26. The Bertz CT molecular complexity index is 1300. The topological polar surface area (TPSA) is 116 Å². The lowest BCUT2D eigenvalue weighted by Crippen LogP contribution is -2.37. The van der Waals surface area contributed by atoms with Crippen LogP contribution in [0.2, 0.25) is 0 Å². The van der Waals surface area contributed by atoms with Crippen LogP contribution in [0.25, 0.3) is 11.2 Å². The lowest BCUT2D eigenvalue weighted by molar-refractivity contribution is 0.372. The number of fused-ring (bicyclic) bond motifs is 1. The number of anilines is 1. The maximum atomic E-state index is 12.7. The number of benzene rings is 1. The van der Waals surface area contributed by atoms with Gasteiger partial charge >= 0.3 is 5.69 Å². The molecule has 11 heteroatoms. The molecular formula is C19H21BrN6O4. The van der Waals surface area contributed by atoms with Crippen LogP contribution < -0.4 is 21.4 Å². The largest absolute Gasteiger partial charge is 0.503 e. The molecule has 3 rings (SSSR count). The molecule has 0 saturated heterocycles. The first kappa shape index (κ1) is 21.4. The standard InChI is InChI=1S/C19H21BrN6O4/c1-10(2)9-26-14-16(24(3)19(29)25(4)17(14)28)22-18(26)23-21-8-11-6-12(20)15(27)13(7-11)30-5/h6-8,27H,1,9H2,2-5H3,(H,22,23)/b21-8+. The number of imidazole rings is 1. The number of aryl methyl sites for hydroxylation is 1. The van der Waals surface area contributed by atoms with Crippen LogP contribution in [0.4, 0.5) is 5.95 Å². The number of allylic oxidation sites excluding steroid dienone is 1. The van der Waals surface area contributed by atoms with Crippen LogP contribution >= 0.6 is 15.9 Å². The molecule has 0 aliphatic rings. The van der Waals surface area contributed by atoms with Gasteiger partial charge < -0.3 is 9.84 Å². The van der Waals surface area contributed by atoms with Crippen molar-refractivity contribution in [1.29, 1.82) is 0 Å². The number of phenols is 1. The van der Waals surface area contributed by atoms with Crippen LogP contribution in [0.15, 0.2) is 43.4 Å². The van der Waals surface area contributed by atoms with Crippen molar-refractivity contribution >= 4 is 39.3 Å². The average Bonchev–Trinajstić information content (AvgIpc) is 3.05. The maximum absolute atomic E-state index is 12.7. The third-order valence-corrected chi connectivity index (χ3v) is 5.03. The smallest absolute Gasteiger partial charge is 0.332 e. The zero-order valence-corrected chi connectivity index (χ0v) is 18.5. The molecule has 0 radical (unpaired) electrons. The highest BCUT2D eigenvalue weighted by molar-refractivity contribution is 9.10. The van der Waals surface area contributed by atoms with Gasteiger partial charge in [0.25, 0.3) is 5.56 Å². The molecule has 2 aromatic heterocycles. The summed E-state index contributed by atoms with van der Waals surface area (Å²) in [6.07, 6.45) is 1.51. The molecule has 3 aromatic rings. The normalized spacial score (nSPS) is 11.4. The first-order valence-electron chi connectivity index (χ1n) is 8.82. The number of phenolic OH excluding ortho intramolecular Hbond substituents is 1. The minimum absolute atomic E-state index is 0.0115. The summed E-state index contributed by atoms with van der Waals surface area (Å²) in [6.45, 7) is 6.04. The molecule has 2 heterocycles. The average molecular weight is 477 g/mol. The molecule has 0 atom stereocenters. The fourth-order valence-corrected chi connectivity index (χ4v) is 3.40. The third-order valence-electron chi connectivity index (χ3n) is 4.42. The van der Waals surface area contributed by atoms with Gasteiger partial charge in [-0.1, -0.05) is 12.2 Å². The molecule has 0 unspecified atom stereocenters. The summed E-state index contributed by atoms with van der Waals surface area (Å²) in [4.78, 5) is 29.3. The van der Waals surface area contributed by atoms with Crippen LogP contribution in [-0.2, 0) is 20.6 Å². The molecular weight excluding hydrogens is 456 g/mol. The van der Waals surface area contributed by atoms with Gasteiger partial charge in [0.15, 0.2) is 22.7 Å². The van der Waals surface area contributed by atoms with Gasteiger partial charge in [-0.3, -0.25) is 18.5 Å². The number of aromatic nitrogens is 4. The highest BCUT2D eigenvalue weighted by Crippen LogP contribution is 2.34. The van der Waals surface area contributed by atoms with E-state index in [9.17, 15) is 14.7 Å². The molecule has 0 spiro atoms. The molecule has 158 valence electrons. The zero-order valence-electron chi connectivity index (χ0n) is 16.9. The lowest BCUT2D eigenvalue weighted by atomic mass is 10.2. The van der Waals surface area contributed by atoms with Gasteiger partial charge in [-0.15, -0.1) is 0 Å². The maximum Gasteiger partial charge on any atom is 0.332 e. The van der Waals surface area contributed by atoms with Crippen molar-refractivity contribution in [3.63, 3.8) is 0 Å². The monoisotopic (exact) mass is 476 g/mol. The van der Waals surface area contributed by atoms with E-state index in [-0.39, 0.29) is 22.9 Å². The highest BCUT2D eigenvalue weighted by atomic mass is 79.9. The minimum Gasteiger partial charge on any atom is -0.503 e. The van der Waals surface area contributed by atoms with E-state index < -0.39 is 11.2 Å². The number of hydrogen-bond acceptors (Lipinski definition) is 7. The predicted molar refractivity (Wildman–Crippen MR) is 119 cm³/mol. The van der Waals surface area contributed by atoms with E-state index in [4.69, 9.17) is 4.74 Å². The van der Waals surface area contributed by atoms with Crippen molar-refractivity contribution in [3.05, 3.63) is 55.2 Å². The van der Waals surface area contributed by atoms with E-state index in [1.54, 1.807) is 23.7 Å². The summed E-state index contributed by atoms with van der Waals surface area (Å²) in [5, 5.41) is 14.1. The number of aromatic hydroxyl groups is 1. The minimum atomic E-state index is -0.469. The van der Waals surface area contributed by atoms with Crippen molar-refractivity contribution in [2.24, 2.45) is 19.2 Å². The van der Waals surface area contributed by atoms with Crippen molar-refractivity contribution < 1.29 is 9.84 Å². The van der Waals surface area contributed by atoms with Crippen molar-refractivity contribution in [2.45, 2.75) is 13.5 Å². The summed E-state index contributed by atoms with van der Waals surface area (Å²) < 4.78 is 9.55. The number of halogens is 1. The molecule has 30 heavy (non-hydrogen) atoms. The Labute approximate surface area is 179 Å². The van der Waals surface area contributed by atoms with Gasteiger partial charge in [0.1, 0.15) is 0 Å². The number of hydrogen-bond donors (Lipinski definition) is 2. The fourth-order valence-electron chi connectivity index (χ4n) is 2.94. The third kappa shape index (κ3) is 3.75. The Kier molecular flexibility index (Phi) is 5.83. The van der Waals surface area contributed by atoms with E-state index in [1.165, 1.54) is 24.9 Å². The number of rotatable bonds is 6. The zero-order chi connectivity index (χ0) is 22.2. The van der Waals surface area contributed by atoms with E-state index in [2.05, 4.69) is 38.0 Å². The molecule has 0 amide bonds.